The Morgan fingerprint density at radius 1 is 1.56 bits per heavy atom. The van der Waals surface area contributed by atoms with E-state index in [-0.39, 0.29) is 32.7 Å². The van der Waals surface area contributed by atoms with Crippen LogP contribution in [0.5, 0.6) is 0 Å². The molecule has 0 aliphatic heterocycles. The van der Waals surface area contributed by atoms with Crippen molar-refractivity contribution in [3.8, 4) is 11.8 Å². The summed E-state index contributed by atoms with van der Waals surface area (Å²) in [7, 11) is 1.68. The number of aliphatic imine (C=N–C) groups is 1. The first kappa shape index (κ1) is 17.0. The van der Waals surface area contributed by atoms with E-state index in [1.165, 1.54) is 6.20 Å². The number of allylic oxidation sites excluding steroid dienone is 1. The van der Waals surface area contributed by atoms with Gasteiger partial charge in [-0.2, -0.15) is 6.07 Å². The van der Waals surface area contributed by atoms with Gasteiger partial charge in [-0.3, -0.25) is 4.99 Å². The third-order valence-corrected chi connectivity index (χ3v) is 2.12. The van der Waals surface area contributed by atoms with Crippen LogP contribution in [0.3, 0.4) is 0 Å². The molecule has 0 saturated heterocycles. The molecular weight excluding hydrogens is 299 g/mol. The molecule has 4 heteroatoms. The fourth-order valence-electron chi connectivity index (χ4n) is 1.14. The molecule has 18 heavy (non-hydrogen) atoms. The summed E-state index contributed by atoms with van der Waals surface area (Å²) in [6.45, 7) is 4.21. The summed E-state index contributed by atoms with van der Waals surface area (Å²) < 4.78 is 0. The summed E-state index contributed by atoms with van der Waals surface area (Å²) in [4.78, 5) is 8.10. The van der Waals surface area contributed by atoms with Crippen molar-refractivity contribution in [1.82, 2.24) is 4.98 Å². The Hall–Kier alpha value is -0.976. The average Bonchev–Trinajstić information content (AvgIpc) is 2.35. The largest absolute Gasteiger partial charge is 0.404 e. The predicted molar refractivity (Wildman–Crippen MR) is 70.7 cm³/mol. The minimum Gasteiger partial charge on any atom is -0.404 e. The van der Waals surface area contributed by atoms with Gasteiger partial charge in [0, 0.05) is 52.2 Å². The normalized spacial score (nSPS) is 11.0. The Balaban J connectivity index is 0.00000289. The number of rotatable bonds is 2. The Kier molecular flexibility index (Phi) is 8.53. The minimum absolute atomic E-state index is 0. The molecule has 1 aromatic rings. The van der Waals surface area contributed by atoms with Gasteiger partial charge in [0.25, 0.3) is 0 Å². The molecule has 0 unspecified atom stereocenters. The molecule has 0 aliphatic carbocycles. The third-order valence-electron chi connectivity index (χ3n) is 2.12. The molecule has 0 aliphatic rings. The minimum atomic E-state index is 0. The van der Waals surface area contributed by atoms with Crippen LogP contribution in [-0.4, -0.2) is 18.2 Å². The maximum absolute atomic E-state index is 5.40. The average molecular weight is 315 g/mol. The van der Waals surface area contributed by atoms with Gasteiger partial charge < -0.3 is 10.7 Å². The van der Waals surface area contributed by atoms with Crippen molar-refractivity contribution in [1.29, 1.82) is 0 Å². The first-order valence-electron chi connectivity index (χ1n) is 5.41. The molecule has 91 valence electrons. The zero-order valence-electron chi connectivity index (χ0n) is 10.9. The van der Waals surface area contributed by atoms with Crippen LogP contribution >= 0.6 is 0 Å². The second kappa shape index (κ2) is 9.02. The van der Waals surface area contributed by atoms with Crippen molar-refractivity contribution in [2.45, 2.75) is 19.8 Å². The van der Waals surface area contributed by atoms with Crippen LogP contribution in [0.1, 0.15) is 31.0 Å². The zero-order valence-corrected chi connectivity index (χ0v) is 13.8. The summed E-state index contributed by atoms with van der Waals surface area (Å²) in [6, 6.07) is 4.95. The number of hydrogen-bond donors (Lipinski definition) is 1. The topological polar surface area (TPSA) is 51.3 Å². The van der Waals surface area contributed by atoms with E-state index in [9.17, 15) is 0 Å². The van der Waals surface area contributed by atoms with E-state index in [4.69, 9.17) is 5.73 Å². The molecule has 1 heterocycles. The molecule has 1 aromatic heterocycles. The monoisotopic (exact) mass is 315 g/mol. The molecule has 0 saturated carbocycles. The quantitative estimate of drug-likeness (QED) is 0.515. The molecule has 0 amide bonds. The number of aromatic nitrogens is 1. The maximum atomic E-state index is 5.40. The molecule has 0 spiro atoms. The second-order valence-corrected chi connectivity index (χ2v) is 3.80. The summed E-state index contributed by atoms with van der Waals surface area (Å²) in [5.41, 5.74) is 7.83. The van der Waals surface area contributed by atoms with Crippen LogP contribution in [0.25, 0.3) is 0 Å². The van der Waals surface area contributed by atoms with Gasteiger partial charge in [0.1, 0.15) is 0 Å². The van der Waals surface area contributed by atoms with Crippen molar-refractivity contribution in [2.24, 2.45) is 10.7 Å². The molecule has 2 N–H and O–H groups in total. The number of hydrogen-bond acceptors (Lipinski definition) is 3. The second-order valence-electron chi connectivity index (χ2n) is 3.80. The molecule has 3 nitrogen and oxygen atoms in total. The van der Waals surface area contributed by atoms with E-state index >= 15 is 0 Å². The fourth-order valence-corrected chi connectivity index (χ4v) is 1.14. The third kappa shape index (κ3) is 5.57. The van der Waals surface area contributed by atoms with Crippen LogP contribution < -0.4 is 5.73 Å². The van der Waals surface area contributed by atoms with E-state index in [1.807, 2.05) is 0 Å². The van der Waals surface area contributed by atoms with Crippen molar-refractivity contribution < 1.29 is 32.7 Å². The van der Waals surface area contributed by atoms with Crippen LogP contribution in [0.15, 0.2) is 29.0 Å². The molecule has 0 fully saturated rings. The number of nitrogens with two attached hydrogens (primary N) is 1. The van der Waals surface area contributed by atoms with Crippen molar-refractivity contribution >= 4 is 6.21 Å². The zero-order chi connectivity index (χ0) is 12.7. The first-order valence-corrected chi connectivity index (χ1v) is 5.41. The van der Waals surface area contributed by atoms with Crippen LogP contribution in [0.2, 0.25) is 0 Å². The molecule has 1 rings (SSSR count). The fraction of sp³-hybridized carbons (Fsp3) is 0.286. The van der Waals surface area contributed by atoms with Gasteiger partial charge in [-0.1, -0.05) is 26.0 Å². The maximum Gasteiger partial charge on any atom is 0.0571 e. The molecule has 0 aromatic carbocycles. The van der Waals surface area contributed by atoms with Crippen LogP contribution in [0, 0.1) is 17.9 Å². The molecule has 0 bridgehead atoms. The van der Waals surface area contributed by atoms with E-state index in [1.54, 1.807) is 25.5 Å². The summed E-state index contributed by atoms with van der Waals surface area (Å²) >= 11 is 0. The van der Waals surface area contributed by atoms with Gasteiger partial charge in [0.05, 0.1) is 5.57 Å². The number of pyridine rings is 1. The van der Waals surface area contributed by atoms with Gasteiger partial charge in [-0.15, -0.1) is 17.6 Å². The summed E-state index contributed by atoms with van der Waals surface area (Å²) in [6.07, 6.45) is 4.83. The van der Waals surface area contributed by atoms with E-state index < -0.39 is 0 Å². The Morgan fingerprint density at radius 2 is 2.28 bits per heavy atom. The van der Waals surface area contributed by atoms with Gasteiger partial charge in [-0.25, -0.2) is 0 Å². The molecule has 1 radical (unpaired) electrons. The van der Waals surface area contributed by atoms with Crippen molar-refractivity contribution in [3.63, 3.8) is 0 Å². The van der Waals surface area contributed by atoms with Crippen molar-refractivity contribution in [2.75, 3.05) is 7.05 Å². The summed E-state index contributed by atoms with van der Waals surface area (Å²) in [5, 5.41) is 0. The Morgan fingerprint density at radius 3 is 2.72 bits per heavy atom. The van der Waals surface area contributed by atoms with Crippen LogP contribution in [0.4, 0.5) is 0 Å². The summed E-state index contributed by atoms with van der Waals surface area (Å²) in [5.74, 6) is 6.23. The van der Waals surface area contributed by atoms with Gasteiger partial charge in [-0.05, 0) is 11.6 Å². The van der Waals surface area contributed by atoms with E-state index in [0.717, 1.165) is 5.56 Å². The van der Waals surface area contributed by atoms with Gasteiger partial charge >= 0.3 is 0 Å². The number of nitrogens with zero attached hydrogens (tertiary/aromatic N) is 2. The van der Waals surface area contributed by atoms with Crippen LogP contribution in [-0.2, 0) is 32.7 Å². The van der Waals surface area contributed by atoms with Crippen molar-refractivity contribution in [3.05, 3.63) is 41.4 Å². The molecular formula is C14H16N3Y-. The standard InChI is InChI=1S/C14H16N3.Y/c1-11(2)13-5-7-14(17-10-13)6-4-12(8-15)9-16-3;/h7-11H,15H2,1-3H3;/q-1;/b12-8-,16-9?;. The smallest absolute Gasteiger partial charge is 0.0571 e. The SMILES string of the molecule is CN=C/C(C#Cc1c[c-]c(C(C)C)cn1)=C\N.[Y]. The first-order chi connectivity index (χ1) is 8.17. The predicted octanol–water partition coefficient (Wildman–Crippen LogP) is 1.90. The van der Waals surface area contributed by atoms with Gasteiger partial charge in [0.15, 0.2) is 0 Å². The van der Waals surface area contributed by atoms with E-state index in [2.05, 4.69) is 41.7 Å². The Labute approximate surface area is 134 Å². The molecule has 0 atom stereocenters. The Bertz CT molecular complexity index is 476. The van der Waals surface area contributed by atoms with E-state index in [0.29, 0.717) is 17.2 Å². The van der Waals surface area contributed by atoms with Gasteiger partial charge in [0.2, 0.25) is 0 Å².